The molecular weight excluding hydrogens is 323 g/mol. The number of unbranched alkanes of at least 4 members (excludes halogenated alkanes) is 7. The van der Waals surface area contributed by atoms with Gasteiger partial charge in [-0.1, -0.05) is 71.6 Å². The molecule has 0 radical (unpaired) electrons. The number of hydrogen-bond acceptors (Lipinski definition) is 2. The SMILES string of the molecule is CCCCCCCCCCc1cnc(C2CCC(CCC)CC2)nc1F. The summed E-state index contributed by atoms with van der Waals surface area (Å²) in [6.07, 6.45) is 20.1. The Morgan fingerprint density at radius 3 is 2.15 bits per heavy atom. The Balaban J connectivity index is 1.69. The van der Waals surface area contributed by atoms with Gasteiger partial charge in [-0.2, -0.15) is 4.39 Å². The number of aryl methyl sites for hydroxylation is 1. The van der Waals surface area contributed by atoms with Gasteiger partial charge in [-0.25, -0.2) is 9.97 Å². The normalized spacial score (nSPS) is 20.4. The quantitative estimate of drug-likeness (QED) is 0.286. The number of halogens is 1. The molecule has 3 heteroatoms. The second kappa shape index (κ2) is 12.4. The molecule has 0 aromatic carbocycles. The summed E-state index contributed by atoms with van der Waals surface area (Å²) in [5.41, 5.74) is 0.708. The highest BCUT2D eigenvalue weighted by atomic mass is 19.1. The van der Waals surface area contributed by atoms with Crippen LogP contribution in [0.2, 0.25) is 0 Å². The standard InChI is InChI=1S/C23H39FN2/c1-3-5-6-7-8-9-10-11-13-21-18-25-23(26-22(21)24)20-16-14-19(12-4-2)15-17-20/h18-20H,3-17H2,1-2H3. The van der Waals surface area contributed by atoms with Gasteiger partial charge in [0.15, 0.2) is 0 Å². The minimum absolute atomic E-state index is 0.270. The fourth-order valence-electron chi connectivity index (χ4n) is 4.33. The first-order valence-corrected chi connectivity index (χ1v) is 11.3. The molecule has 0 atom stereocenters. The molecule has 0 aliphatic heterocycles. The Kier molecular flexibility index (Phi) is 10.2. The molecule has 0 bridgehead atoms. The van der Waals surface area contributed by atoms with Crippen LogP contribution in [0, 0.1) is 11.9 Å². The molecule has 1 aromatic heterocycles. The zero-order valence-corrected chi connectivity index (χ0v) is 17.1. The summed E-state index contributed by atoms with van der Waals surface area (Å²) in [5.74, 6) is 1.71. The third-order valence-corrected chi connectivity index (χ3v) is 6.04. The van der Waals surface area contributed by atoms with E-state index in [0.717, 1.165) is 37.4 Å². The van der Waals surface area contributed by atoms with Crippen LogP contribution in [-0.2, 0) is 6.42 Å². The van der Waals surface area contributed by atoms with Crippen molar-refractivity contribution >= 4 is 0 Å². The van der Waals surface area contributed by atoms with E-state index < -0.39 is 0 Å². The summed E-state index contributed by atoms with van der Waals surface area (Å²) >= 11 is 0. The lowest BCUT2D eigenvalue weighted by molar-refractivity contribution is 0.300. The van der Waals surface area contributed by atoms with Crippen molar-refractivity contribution in [2.45, 2.75) is 116 Å². The molecule has 26 heavy (non-hydrogen) atoms. The number of nitrogens with zero attached hydrogens (tertiary/aromatic N) is 2. The maximum atomic E-state index is 14.4. The number of hydrogen-bond donors (Lipinski definition) is 0. The molecule has 0 amide bonds. The van der Waals surface area contributed by atoms with E-state index in [1.807, 2.05) is 0 Å². The van der Waals surface area contributed by atoms with Gasteiger partial charge in [0.1, 0.15) is 5.82 Å². The van der Waals surface area contributed by atoms with Crippen molar-refractivity contribution < 1.29 is 4.39 Å². The smallest absolute Gasteiger partial charge is 0.219 e. The van der Waals surface area contributed by atoms with E-state index in [1.54, 1.807) is 6.20 Å². The van der Waals surface area contributed by atoms with Gasteiger partial charge in [0.2, 0.25) is 5.95 Å². The number of rotatable bonds is 12. The Morgan fingerprint density at radius 2 is 1.54 bits per heavy atom. The topological polar surface area (TPSA) is 25.8 Å². The molecule has 1 fully saturated rings. The van der Waals surface area contributed by atoms with Crippen molar-refractivity contribution in [1.29, 1.82) is 0 Å². The molecule has 1 aliphatic carbocycles. The van der Waals surface area contributed by atoms with Crippen molar-refractivity contribution in [3.8, 4) is 0 Å². The van der Waals surface area contributed by atoms with E-state index in [-0.39, 0.29) is 5.95 Å². The summed E-state index contributed by atoms with van der Waals surface area (Å²) < 4.78 is 14.4. The van der Waals surface area contributed by atoms with E-state index in [4.69, 9.17) is 0 Å². The summed E-state index contributed by atoms with van der Waals surface area (Å²) in [7, 11) is 0. The van der Waals surface area contributed by atoms with E-state index in [2.05, 4.69) is 23.8 Å². The molecular formula is C23H39FN2. The van der Waals surface area contributed by atoms with Crippen LogP contribution in [0.4, 0.5) is 4.39 Å². The summed E-state index contributed by atoms with van der Waals surface area (Å²) in [6, 6.07) is 0. The van der Waals surface area contributed by atoms with Crippen LogP contribution in [0.15, 0.2) is 6.20 Å². The maximum Gasteiger partial charge on any atom is 0.219 e. The first kappa shape index (κ1) is 21.3. The van der Waals surface area contributed by atoms with Crippen LogP contribution in [-0.4, -0.2) is 9.97 Å². The van der Waals surface area contributed by atoms with Gasteiger partial charge < -0.3 is 0 Å². The van der Waals surface area contributed by atoms with Crippen LogP contribution in [0.5, 0.6) is 0 Å². The summed E-state index contributed by atoms with van der Waals surface area (Å²) in [4.78, 5) is 8.77. The van der Waals surface area contributed by atoms with E-state index in [9.17, 15) is 4.39 Å². The predicted octanol–water partition coefficient (Wildman–Crippen LogP) is 7.37. The van der Waals surface area contributed by atoms with Crippen LogP contribution in [0.3, 0.4) is 0 Å². The lowest BCUT2D eigenvalue weighted by atomic mass is 9.80. The van der Waals surface area contributed by atoms with Crippen LogP contribution >= 0.6 is 0 Å². The Hall–Kier alpha value is -0.990. The van der Waals surface area contributed by atoms with E-state index >= 15 is 0 Å². The minimum atomic E-state index is -0.270. The average molecular weight is 363 g/mol. The highest BCUT2D eigenvalue weighted by Gasteiger charge is 2.24. The predicted molar refractivity (Wildman–Crippen MR) is 108 cm³/mol. The minimum Gasteiger partial charge on any atom is -0.241 e. The first-order valence-electron chi connectivity index (χ1n) is 11.3. The van der Waals surface area contributed by atoms with Gasteiger partial charge in [-0.05, 0) is 44.4 Å². The third-order valence-electron chi connectivity index (χ3n) is 6.04. The fourth-order valence-corrected chi connectivity index (χ4v) is 4.33. The largest absolute Gasteiger partial charge is 0.241 e. The molecule has 1 saturated carbocycles. The lowest BCUT2D eigenvalue weighted by Crippen LogP contribution is -2.16. The average Bonchev–Trinajstić information content (AvgIpc) is 2.66. The zero-order chi connectivity index (χ0) is 18.6. The van der Waals surface area contributed by atoms with E-state index in [1.165, 1.54) is 70.6 Å². The maximum absolute atomic E-state index is 14.4. The monoisotopic (exact) mass is 362 g/mol. The molecule has 148 valence electrons. The van der Waals surface area contributed by atoms with Gasteiger partial charge in [0, 0.05) is 17.7 Å². The zero-order valence-electron chi connectivity index (χ0n) is 17.1. The van der Waals surface area contributed by atoms with Crippen molar-refractivity contribution in [3.63, 3.8) is 0 Å². The van der Waals surface area contributed by atoms with Crippen molar-refractivity contribution in [1.82, 2.24) is 9.97 Å². The second-order valence-corrected chi connectivity index (χ2v) is 8.28. The second-order valence-electron chi connectivity index (χ2n) is 8.28. The van der Waals surface area contributed by atoms with Crippen molar-refractivity contribution in [2.75, 3.05) is 0 Å². The Morgan fingerprint density at radius 1 is 0.885 bits per heavy atom. The molecule has 2 rings (SSSR count). The molecule has 0 spiro atoms. The molecule has 0 unspecified atom stereocenters. The highest BCUT2D eigenvalue weighted by Crippen LogP contribution is 2.36. The molecule has 2 nitrogen and oxygen atoms in total. The van der Waals surface area contributed by atoms with E-state index in [0.29, 0.717) is 11.5 Å². The molecule has 0 N–H and O–H groups in total. The molecule has 1 aromatic rings. The highest BCUT2D eigenvalue weighted by molar-refractivity contribution is 5.10. The molecule has 1 heterocycles. The lowest BCUT2D eigenvalue weighted by Gasteiger charge is -2.27. The number of aromatic nitrogens is 2. The van der Waals surface area contributed by atoms with Crippen LogP contribution in [0.1, 0.15) is 121 Å². The van der Waals surface area contributed by atoms with Crippen molar-refractivity contribution in [2.24, 2.45) is 5.92 Å². The molecule has 1 aliphatic rings. The summed E-state index contributed by atoms with van der Waals surface area (Å²) in [6.45, 7) is 4.51. The Bertz CT molecular complexity index is 495. The Labute approximate surface area is 160 Å². The van der Waals surface area contributed by atoms with Gasteiger partial charge in [0.05, 0.1) is 0 Å². The fraction of sp³-hybridized carbons (Fsp3) is 0.826. The first-order chi connectivity index (χ1) is 12.7. The van der Waals surface area contributed by atoms with Gasteiger partial charge >= 0.3 is 0 Å². The van der Waals surface area contributed by atoms with Crippen molar-refractivity contribution in [3.05, 3.63) is 23.5 Å². The van der Waals surface area contributed by atoms with Crippen LogP contribution < -0.4 is 0 Å². The van der Waals surface area contributed by atoms with Gasteiger partial charge in [-0.3, -0.25) is 0 Å². The third kappa shape index (κ3) is 7.32. The van der Waals surface area contributed by atoms with Crippen LogP contribution in [0.25, 0.3) is 0 Å². The van der Waals surface area contributed by atoms with Gasteiger partial charge in [0.25, 0.3) is 0 Å². The van der Waals surface area contributed by atoms with Gasteiger partial charge in [-0.15, -0.1) is 0 Å². The molecule has 0 saturated heterocycles. The summed E-state index contributed by atoms with van der Waals surface area (Å²) in [5, 5.41) is 0.